The van der Waals surface area contributed by atoms with Crippen molar-refractivity contribution in [2.24, 2.45) is 0 Å². The normalized spacial score (nSPS) is 11.1. The Hall–Kier alpha value is -3.40. The zero-order valence-corrected chi connectivity index (χ0v) is 17.8. The average molecular weight is 410 g/mol. The molecule has 2 aromatic rings. The van der Waals surface area contributed by atoms with Crippen molar-refractivity contribution < 1.29 is 14.0 Å². The number of nitrogens with zero attached hydrogens (tertiary/aromatic N) is 2. The first kappa shape index (κ1) is 22.9. The van der Waals surface area contributed by atoms with Crippen LogP contribution in [0.25, 0.3) is 6.08 Å². The summed E-state index contributed by atoms with van der Waals surface area (Å²) in [6.45, 7) is 8.85. The van der Waals surface area contributed by atoms with E-state index in [0.29, 0.717) is 5.56 Å². The lowest BCUT2D eigenvalue weighted by Gasteiger charge is -2.08. The summed E-state index contributed by atoms with van der Waals surface area (Å²) in [5.41, 5.74) is 3.59. The highest BCUT2D eigenvalue weighted by atomic mass is 19.1. The van der Waals surface area contributed by atoms with Gasteiger partial charge in [-0.15, -0.1) is 0 Å². The van der Waals surface area contributed by atoms with Crippen LogP contribution in [0.4, 0.5) is 4.39 Å². The van der Waals surface area contributed by atoms with Gasteiger partial charge in [0.05, 0.1) is 0 Å². The number of benzene rings is 1. The Balaban J connectivity index is 1.94. The summed E-state index contributed by atoms with van der Waals surface area (Å²) in [5.74, 6) is -1.38. The molecule has 2 amide bonds. The van der Waals surface area contributed by atoms with Crippen LogP contribution in [0, 0.1) is 37.9 Å². The molecule has 0 aliphatic carbocycles. The Morgan fingerprint density at radius 1 is 1.17 bits per heavy atom. The number of nitriles is 1. The average Bonchev–Trinajstić information content (AvgIpc) is 2.98. The SMILES string of the molecule is CCCn1c(C)cc(/C=C(\C#N)C(=O)NCCNC(=O)c2ccc(C)c(F)c2)c1C. The van der Waals surface area contributed by atoms with Gasteiger partial charge in [-0.2, -0.15) is 5.26 Å². The van der Waals surface area contributed by atoms with E-state index in [1.165, 1.54) is 18.2 Å². The summed E-state index contributed by atoms with van der Waals surface area (Å²) >= 11 is 0. The molecule has 0 aliphatic heterocycles. The van der Waals surface area contributed by atoms with Crippen molar-refractivity contribution in [3.63, 3.8) is 0 Å². The van der Waals surface area contributed by atoms with Gasteiger partial charge < -0.3 is 15.2 Å². The maximum absolute atomic E-state index is 13.6. The molecule has 2 rings (SSSR count). The van der Waals surface area contributed by atoms with Gasteiger partial charge in [-0.25, -0.2) is 4.39 Å². The zero-order valence-electron chi connectivity index (χ0n) is 17.8. The predicted octanol–water partition coefficient (Wildman–Crippen LogP) is 3.42. The summed E-state index contributed by atoms with van der Waals surface area (Å²) in [4.78, 5) is 24.4. The maximum atomic E-state index is 13.6. The van der Waals surface area contributed by atoms with Crippen LogP contribution >= 0.6 is 0 Å². The molecule has 0 unspecified atom stereocenters. The Kier molecular flexibility index (Phi) is 7.93. The third kappa shape index (κ3) is 5.57. The minimum Gasteiger partial charge on any atom is -0.350 e. The fraction of sp³-hybridized carbons (Fsp3) is 0.348. The molecule has 1 aromatic carbocycles. The van der Waals surface area contributed by atoms with E-state index in [4.69, 9.17) is 0 Å². The second-order valence-corrected chi connectivity index (χ2v) is 7.12. The van der Waals surface area contributed by atoms with Gasteiger partial charge in [0.2, 0.25) is 0 Å². The first-order valence-electron chi connectivity index (χ1n) is 9.89. The summed E-state index contributed by atoms with van der Waals surface area (Å²) in [6, 6.07) is 8.14. The molecule has 158 valence electrons. The second-order valence-electron chi connectivity index (χ2n) is 7.12. The van der Waals surface area contributed by atoms with Crippen LogP contribution in [0.1, 0.15) is 46.2 Å². The highest BCUT2D eigenvalue weighted by Crippen LogP contribution is 2.18. The van der Waals surface area contributed by atoms with E-state index in [1.54, 1.807) is 13.0 Å². The summed E-state index contributed by atoms with van der Waals surface area (Å²) < 4.78 is 15.7. The molecule has 0 aliphatic rings. The number of carbonyl (C=O) groups excluding carboxylic acids is 2. The Morgan fingerprint density at radius 3 is 2.50 bits per heavy atom. The number of amides is 2. The largest absolute Gasteiger partial charge is 0.350 e. The van der Waals surface area contributed by atoms with Gasteiger partial charge in [-0.1, -0.05) is 13.0 Å². The molecule has 0 radical (unpaired) electrons. The van der Waals surface area contributed by atoms with Gasteiger partial charge in [-0.3, -0.25) is 9.59 Å². The van der Waals surface area contributed by atoms with Crippen LogP contribution in [0.3, 0.4) is 0 Å². The molecule has 0 atom stereocenters. The number of rotatable bonds is 8. The number of halogens is 1. The number of aryl methyl sites for hydroxylation is 2. The number of nitrogens with one attached hydrogen (secondary N) is 2. The minimum absolute atomic E-state index is 0.00122. The molecule has 7 heteroatoms. The van der Waals surface area contributed by atoms with E-state index in [1.807, 2.05) is 26.0 Å². The van der Waals surface area contributed by atoms with Gasteiger partial charge in [0.15, 0.2) is 0 Å². The minimum atomic E-state index is -0.506. The quantitative estimate of drug-likeness (QED) is 0.397. The highest BCUT2D eigenvalue weighted by molar-refractivity contribution is 6.01. The van der Waals surface area contributed by atoms with Gasteiger partial charge >= 0.3 is 0 Å². The van der Waals surface area contributed by atoms with Crippen LogP contribution in [0.2, 0.25) is 0 Å². The smallest absolute Gasteiger partial charge is 0.262 e. The molecule has 6 nitrogen and oxygen atoms in total. The van der Waals surface area contributed by atoms with Crippen molar-refractivity contribution in [1.82, 2.24) is 15.2 Å². The van der Waals surface area contributed by atoms with E-state index >= 15 is 0 Å². The van der Waals surface area contributed by atoms with Crippen molar-refractivity contribution in [2.45, 2.75) is 40.7 Å². The first-order valence-corrected chi connectivity index (χ1v) is 9.89. The Bertz CT molecular complexity index is 1010. The van der Waals surface area contributed by atoms with E-state index in [9.17, 15) is 19.2 Å². The lowest BCUT2D eigenvalue weighted by Crippen LogP contribution is -2.35. The Morgan fingerprint density at radius 2 is 1.87 bits per heavy atom. The fourth-order valence-electron chi connectivity index (χ4n) is 3.13. The number of carbonyl (C=O) groups is 2. The van der Waals surface area contributed by atoms with Gasteiger partial charge in [0.1, 0.15) is 17.5 Å². The van der Waals surface area contributed by atoms with Crippen LogP contribution in [0.5, 0.6) is 0 Å². The fourth-order valence-corrected chi connectivity index (χ4v) is 3.13. The van der Waals surface area contributed by atoms with Gasteiger partial charge in [0, 0.05) is 36.6 Å². The third-order valence-electron chi connectivity index (χ3n) is 4.86. The predicted molar refractivity (Wildman–Crippen MR) is 114 cm³/mol. The van der Waals surface area contributed by atoms with Crippen molar-refractivity contribution in [3.05, 3.63) is 63.7 Å². The highest BCUT2D eigenvalue weighted by Gasteiger charge is 2.13. The van der Waals surface area contributed by atoms with Crippen LogP contribution in [0.15, 0.2) is 29.8 Å². The van der Waals surface area contributed by atoms with E-state index < -0.39 is 17.6 Å². The summed E-state index contributed by atoms with van der Waals surface area (Å²) in [5, 5.41) is 14.6. The first-order chi connectivity index (χ1) is 14.3. The van der Waals surface area contributed by atoms with Gasteiger partial charge in [0.25, 0.3) is 11.8 Å². The summed E-state index contributed by atoms with van der Waals surface area (Å²) in [6.07, 6.45) is 2.57. The summed E-state index contributed by atoms with van der Waals surface area (Å²) in [7, 11) is 0. The molecule has 0 saturated carbocycles. The van der Waals surface area contributed by atoms with Crippen molar-refractivity contribution in [3.8, 4) is 6.07 Å². The second kappa shape index (κ2) is 10.4. The number of aromatic nitrogens is 1. The molecule has 0 bridgehead atoms. The third-order valence-corrected chi connectivity index (χ3v) is 4.86. The molecule has 1 aromatic heterocycles. The van der Waals surface area contributed by atoms with Crippen LogP contribution < -0.4 is 10.6 Å². The molecule has 1 heterocycles. The topological polar surface area (TPSA) is 86.9 Å². The standard InChI is InChI=1S/C23H27FN4O2/c1-5-10-28-16(3)11-19(17(28)4)12-20(14-25)23(30)27-9-8-26-22(29)18-7-6-15(2)21(24)13-18/h6-7,11-13H,5,8-10H2,1-4H3,(H,26,29)(H,27,30)/b20-12+. The lowest BCUT2D eigenvalue weighted by molar-refractivity contribution is -0.117. The van der Waals surface area contributed by atoms with Crippen molar-refractivity contribution in [2.75, 3.05) is 13.1 Å². The molecule has 0 saturated heterocycles. The van der Waals surface area contributed by atoms with E-state index in [-0.39, 0.29) is 24.2 Å². The van der Waals surface area contributed by atoms with Gasteiger partial charge in [-0.05, 0) is 62.6 Å². The molecular weight excluding hydrogens is 383 g/mol. The van der Waals surface area contributed by atoms with Crippen LogP contribution in [-0.2, 0) is 11.3 Å². The van der Waals surface area contributed by atoms with Crippen LogP contribution in [-0.4, -0.2) is 29.5 Å². The van der Waals surface area contributed by atoms with E-state index in [2.05, 4.69) is 22.1 Å². The number of hydrogen-bond acceptors (Lipinski definition) is 3. The maximum Gasteiger partial charge on any atom is 0.262 e. The van der Waals surface area contributed by atoms with Crippen molar-refractivity contribution >= 4 is 17.9 Å². The Labute approximate surface area is 176 Å². The molecule has 0 fully saturated rings. The molecule has 2 N–H and O–H groups in total. The van der Waals surface area contributed by atoms with Crippen molar-refractivity contribution in [1.29, 1.82) is 5.26 Å². The lowest BCUT2D eigenvalue weighted by atomic mass is 10.1. The monoisotopic (exact) mass is 410 g/mol. The molecular formula is C23H27FN4O2. The number of hydrogen-bond donors (Lipinski definition) is 2. The molecule has 30 heavy (non-hydrogen) atoms. The molecule has 0 spiro atoms. The zero-order chi connectivity index (χ0) is 22.3. The van der Waals surface area contributed by atoms with E-state index in [0.717, 1.165) is 29.9 Å².